The fraction of sp³-hybridized carbons (Fsp3) is 0.773. The zero-order chi connectivity index (χ0) is 52.2. The molecule has 6 heteroatoms. The highest BCUT2D eigenvalue weighted by Crippen LogP contribution is 2.16. The van der Waals surface area contributed by atoms with Crippen LogP contribution in [0.25, 0.3) is 0 Å². The summed E-state index contributed by atoms with van der Waals surface area (Å²) in [6.45, 7) is 6.49. The molecule has 6 nitrogen and oxygen atoms in total. The van der Waals surface area contributed by atoms with Crippen molar-refractivity contribution in [2.24, 2.45) is 0 Å². The molecule has 0 amide bonds. The third kappa shape index (κ3) is 57.7. The molecule has 1 unspecified atom stereocenters. The average Bonchev–Trinajstić information content (AvgIpc) is 3.38. The topological polar surface area (TPSA) is 78.9 Å². The summed E-state index contributed by atoms with van der Waals surface area (Å²) in [5, 5.41) is 0. The second kappa shape index (κ2) is 60.4. The lowest BCUT2D eigenvalue weighted by Crippen LogP contribution is -2.30. The van der Waals surface area contributed by atoms with Crippen molar-refractivity contribution < 1.29 is 28.6 Å². The summed E-state index contributed by atoms with van der Waals surface area (Å²) in [5.74, 6) is -0.877. The van der Waals surface area contributed by atoms with Crippen molar-refractivity contribution in [1.29, 1.82) is 0 Å². The van der Waals surface area contributed by atoms with E-state index >= 15 is 0 Å². The van der Waals surface area contributed by atoms with Gasteiger partial charge in [0.05, 0.1) is 0 Å². The highest BCUT2D eigenvalue weighted by Gasteiger charge is 2.19. The van der Waals surface area contributed by atoms with Crippen molar-refractivity contribution >= 4 is 17.9 Å². The Hall–Kier alpha value is -3.15. The van der Waals surface area contributed by atoms with Gasteiger partial charge in [-0.15, -0.1) is 0 Å². The van der Waals surface area contributed by atoms with Crippen molar-refractivity contribution in [2.75, 3.05) is 13.2 Å². The molecule has 0 aliphatic carbocycles. The molecular formula is C66H116O6. The minimum atomic E-state index is -0.772. The first-order valence-electron chi connectivity index (χ1n) is 30.9. The van der Waals surface area contributed by atoms with Crippen LogP contribution in [0.5, 0.6) is 0 Å². The molecule has 0 heterocycles. The maximum Gasteiger partial charge on any atom is 0.306 e. The summed E-state index contributed by atoms with van der Waals surface area (Å²) < 4.78 is 16.8. The van der Waals surface area contributed by atoms with Gasteiger partial charge in [0.15, 0.2) is 6.10 Å². The van der Waals surface area contributed by atoms with Gasteiger partial charge in [0, 0.05) is 19.3 Å². The molecule has 0 aromatic rings. The van der Waals surface area contributed by atoms with Crippen molar-refractivity contribution in [1.82, 2.24) is 0 Å². The molecule has 0 fully saturated rings. The Balaban J connectivity index is 4.02. The van der Waals surface area contributed by atoms with Crippen LogP contribution in [0.15, 0.2) is 72.9 Å². The van der Waals surface area contributed by atoms with Gasteiger partial charge in [-0.25, -0.2) is 0 Å². The first-order chi connectivity index (χ1) is 35.5. The van der Waals surface area contributed by atoms with Crippen molar-refractivity contribution in [3.8, 4) is 0 Å². The Bertz CT molecular complexity index is 1340. The lowest BCUT2D eigenvalue weighted by Gasteiger charge is -2.18. The van der Waals surface area contributed by atoms with Gasteiger partial charge in [0.25, 0.3) is 0 Å². The number of esters is 3. The molecule has 0 aliphatic heterocycles. The lowest BCUT2D eigenvalue weighted by molar-refractivity contribution is -0.167. The second-order valence-corrected chi connectivity index (χ2v) is 20.6. The third-order valence-electron chi connectivity index (χ3n) is 13.4. The first-order valence-corrected chi connectivity index (χ1v) is 30.9. The predicted octanol–water partition coefficient (Wildman–Crippen LogP) is 20.9. The van der Waals surface area contributed by atoms with Crippen LogP contribution < -0.4 is 0 Å². The van der Waals surface area contributed by atoms with Crippen LogP contribution in [0.1, 0.15) is 310 Å². The van der Waals surface area contributed by atoms with E-state index in [4.69, 9.17) is 14.2 Å². The van der Waals surface area contributed by atoms with Crippen LogP contribution in [0.2, 0.25) is 0 Å². The maximum atomic E-state index is 12.8. The molecule has 0 aromatic heterocycles. The Morgan fingerprint density at radius 3 is 0.861 bits per heavy atom. The average molecular weight is 1010 g/mol. The molecule has 0 aromatic carbocycles. The number of rotatable bonds is 56. The number of unbranched alkanes of at least 4 members (excludes halogenated alkanes) is 33. The molecule has 0 aliphatic rings. The molecule has 0 bridgehead atoms. The van der Waals surface area contributed by atoms with E-state index in [-0.39, 0.29) is 31.1 Å². The van der Waals surface area contributed by atoms with E-state index in [9.17, 15) is 14.4 Å². The number of hydrogen-bond acceptors (Lipinski definition) is 6. The number of carbonyl (C=O) groups excluding carboxylic acids is 3. The SMILES string of the molecule is CC/C=C\C/C=C\C/C=C\C/C=C\C/C=C\CCCCCCCCCCCCCCCCCC(=O)OCC(COC(=O)CCCCCCCC)OC(=O)CCCCCCCCC/C=C\CCCCCCCC. The minimum Gasteiger partial charge on any atom is -0.462 e. The summed E-state index contributed by atoms with van der Waals surface area (Å²) in [6.07, 6.45) is 78.0. The lowest BCUT2D eigenvalue weighted by atomic mass is 10.0. The number of hydrogen-bond donors (Lipinski definition) is 0. The van der Waals surface area contributed by atoms with Gasteiger partial charge in [0.1, 0.15) is 13.2 Å². The van der Waals surface area contributed by atoms with E-state index < -0.39 is 6.10 Å². The molecule has 416 valence electrons. The molecule has 0 spiro atoms. The van der Waals surface area contributed by atoms with Crippen molar-refractivity contribution in [3.63, 3.8) is 0 Å². The maximum absolute atomic E-state index is 12.8. The Labute approximate surface area is 446 Å². The summed E-state index contributed by atoms with van der Waals surface area (Å²) in [4.78, 5) is 37.9. The van der Waals surface area contributed by atoms with Gasteiger partial charge in [-0.1, -0.05) is 273 Å². The highest BCUT2D eigenvalue weighted by atomic mass is 16.6. The minimum absolute atomic E-state index is 0.0739. The monoisotopic (exact) mass is 1000 g/mol. The molecule has 0 N–H and O–H groups in total. The molecular weight excluding hydrogens is 889 g/mol. The smallest absolute Gasteiger partial charge is 0.306 e. The number of allylic oxidation sites excluding steroid dienone is 12. The summed E-state index contributed by atoms with van der Waals surface area (Å²) in [7, 11) is 0. The highest BCUT2D eigenvalue weighted by molar-refractivity contribution is 5.71. The van der Waals surface area contributed by atoms with Gasteiger partial charge in [-0.2, -0.15) is 0 Å². The first kappa shape index (κ1) is 68.8. The van der Waals surface area contributed by atoms with Crippen LogP contribution >= 0.6 is 0 Å². The summed E-state index contributed by atoms with van der Waals surface area (Å²) >= 11 is 0. The van der Waals surface area contributed by atoms with Crippen molar-refractivity contribution in [2.45, 2.75) is 316 Å². The predicted molar refractivity (Wildman–Crippen MR) is 311 cm³/mol. The third-order valence-corrected chi connectivity index (χ3v) is 13.4. The Morgan fingerprint density at radius 1 is 0.292 bits per heavy atom. The Morgan fingerprint density at radius 2 is 0.542 bits per heavy atom. The van der Waals surface area contributed by atoms with E-state index in [2.05, 4.69) is 93.7 Å². The quantitative estimate of drug-likeness (QED) is 0.0261. The van der Waals surface area contributed by atoms with Gasteiger partial charge < -0.3 is 14.2 Å². The van der Waals surface area contributed by atoms with Crippen LogP contribution in [0, 0.1) is 0 Å². The van der Waals surface area contributed by atoms with Crippen LogP contribution in [-0.2, 0) is 28.6 Å². The molecule has 0 saturated heterocycles. The fourth-order valence-electron chi connectivity index (χ4n) is 8.82. The molecule has 1 atom stereocenters. The van der Waals surface area contributed by atoms with E-state index in [0.717, 1.165) is 89.9 Å². The zero-order valence-corrected chi connectivity index (χ0v) is 47.7. The molecule has 0 rings (SSSR count). The molecule has 0 saturated carbocycles. The van der Waals surface area contributed by atoms with Gasteiger partial charge >= 0.3 is 17.9 Å². The number of carbonyl (C=O) groups is 3. The Kier molecular flexibility index (Phi) is 57.8. The van der Waals surface area contributed by atoms with E-state index in [1.165, 1.54) is 180 Å². The van der Waals surface area contributed by atoms with E-state index in [1.54, 1.807) is 0 Å². The van der Waals surface area contributed by atoms with E-state index in [1.807, 2.05) is 0 Å². The number of ether oxygens (including phenoxy) is 3. The zero-order valence-electron chi connectivity index (χ0n) is 47.7. The fourth-order valence-corrected chi connectivity index (χ4v) is 8.82. The normalized spacial score (nSPS) is 12.5. The second-order valence-electron chi connectivity index (χ2n) is 20.6. The van der Waals surface area contributed by atoms with Crippen LogP contribution in [0.4, 0.5) is 0 Å². The summed E-state index contributed by atoms with van der Waals surface area (Å²) in [5.41, 5.74) is 0. The molecule has 0 radical (unpaired) electrons. The van der Waals surface area contributed by atoms with Gasteiger partial charge in [0.2, 0.25) is 0 Å². The van der Waals surface area contributed by atoms with Gasteiger partial charge in [-0.05, 0) is 89.9 Å². The van der Waals surface area contributed by atoms with Crippen LogP contribution in [-0.4, -0.2) is 37.2 Å². The largest absolute Gasteiger partial charge is 0.462 e. The van der Waals surface area contributed by atoms with Crippen LogP contribution in [0.3, 0.4) is 0 Å². The van der Waals surface area contributed by atoms with Crippen molar-refractivity contribution in [3.05, 3.63) is 72.9 Å². The van der Waals surface area contributed by atoms with Gasteiger partial charge in [-0.3, -0.25) is 14.4 Å². The van der Waals surface area contributed by atoms with E-state index in [0.29, 0.717) is 19.3 Å². The standard InChI is InChI=1S/C66H116O6/c1-4-7-10-13-16-18-20-22-24-26-27-28-29-30-31-32-33-34-35-36-37-38-39-41-42-44-46-48-50-53-56-59-65(68)71-62-63(61-70-64(67)58-55-52-15-12-9-6-3)72-66(69)60-57-54-51-49-47-45-43-40-25-23-21-19-17-14-11-8-5-2/h7,10,16,18,22-25,27-28,30-31,63H,4-6,8-9,11-15,17,19-21,26,29,32-62H2,1-3H3/b10-7-,18-16-,24-22-,25-23-,28-27-,31-30-. The summed E-state index contributed by atoms with van der Waals surface area (Å²) in [6, 6.07) is 0. The molecule has 72 heavy (non-hydrogen) atoms.